The van der Waals surface area contributed by atoms with Crippen molar-refractivity contribution in [2.24, 2.45) is 0 Å². The molecule has 0 N–H and O–H groups in total. The number of nitrogens with zero attached hydrogens (tertiary/aromatic N) is 2. The van der Waals surface area contributed by atoms with Crippen LogP contribution in [-0.2, 0) is 0 Å². The summed E-state index contributed by atoms with van der Waals surface area (Å²) in [5.74, 6) is 0.407. The van der Waals surface area contributed by atoms with Gasteiger partial charge in [0.15, 0.2) is 0 Å². The third-order valence-electron chi connectivity index (χ3n) is 6.02. The Balaban J connectivity index is 1.85. The largest absolute Gasteiger partial charge is 0.292 e. The Morgan fingerprint density at radius 3 is 2.39 bits per heavy atom. The normalized spacial score (nSPS) is 16.5. The zero-order chi connectivity index (χ0) is 18.7. The molecule has 6 rings (SSSR count). The Labute approximate surface area is 163 Å². The van der Waals surface area contributed by atoms with Gasteiger partial charge in [0.2, 0.25) is 0 Å². The summed E-state index contributed by atoms with van der Waals surface area (Å²) in [6.07, 6.45) is 3.51. The summed E-state index contributed by atoms with van der Waals surface area (Å²) in [6, 6.07) is 28.0. The van der Waals surface area contributed by atoms with Gasteiger partial charge in [0.05, 0.1) is 16.4 Å². The van der Waals surface area contributed by atoms with Crippen LogP contribution < -0.4 is 10.6 Å². The van der Waals surface area contributed by atoms with Crippen LogP contribution in [0.5, 0.6) is 0 Å². The van der Waals surface area contributed by atoms with Gasteiger partial charge in [-0.2, -0.15) is 0 Å². The van der Waals surface area contributed by atoms with Gasteiger partial charge in [0, 0.05) is 16.5 Å². The van der Waals surface area contributed by atoms with E-state index in [9.17, 15) is 0 Å². The molecule has 0 aliphatic heterocycles. The number of hydrogen-bond acceptors (Lipinski definition) is 1. The highest BCUT2D eigenvalue weighted by Gasteiger charge is 2.19. The second kappa shape index (κ2) is 5.80. The van der Waals surface area contributed by atoms with Crippen molar-refractivity contribution >= 4 is 39.1 Å². The first-order chi connectivity index (χ1) is 13.8. The van der Waals surface area contributed by atoms with Crippen LogP contribution >= 0.6 is 0 Å². The molecule has 0 saturated heterocycles. The number of benzene rings is 3. The highest BCUT2D eigenvalue weighted by molar-refractivity contribution is 5.99. The van der Waals surface area contributed by atoms with E-state index < -0.39 is 0 Å². The first-order valence-electron chi connectivity index (χ1n) is 9.86. The molecule has 0 saturated carbocycles. The van der Waals surface area contributed by atoms with Crippen molar-refractivity contribution in [3.05, 3.63) is 95.0 Å². The Kier molecular flexibility index (Phi) is 3.24. The molecule has 5 aromatic rings. The van der Waals surface area contributed by atoms with Crippen molar-refractivity contribution in [3.8, 4) is 0 Å². The maximum atomic E-state index is 5.00. The van der Waals surface area contributed by atoms with Gasteiger partial charge in [-0.25, -0.2) is 4.98 Å². The van der Waals surface area contributed by atoms with Crippen LogP contribution in [0.15, 0.2) is 78.9 Å². The molecular weight excluding hydrogens is 340 g/mol. The van der Waals surface area contributed by atoms with Gasteiger partial charge in [0.25, 0.3) is 0 Å². The van der Waals surface area contributed by atoms with Gasteiger partial charge in [-0.15, -0.1) is 0 Å². The van der Waals surface area contributed by atoms with E-state index in [1.54, 1.807) is 0 Å². The van der Waals surface area contributed by atoms with Gasteiger partial charge in [-0.3, -0.25) is 4.40 Å². The van der Waals surface area contributed by atoms with Gasteiger partial charge < -0.3 is 0 Å². The first-order valence-corrected chi connectivity index (χ1v) is 9.86. The Hall–Kier alpha value is -3.39. The third kappa shape index (κ3) is 2.12. The van der Waals surface area contributed by atoms with E-state index in [2.05, 4.69) is 96.3 Å². The van der Waals surface area contributed by atoms with Crippen molar-refractivity contribution in [1.82, 2.24) is 9.38 Å². The fourth-order valence-electron chi connectivity index (χ4n) is 4.78. The minimum absolute atomic E-state index is 0.407. The van der Waals surface area contributed by atoms with Gasteiger partial charge >= 0.3 is 0 Å². The maximum absolute atomic E-state index is 5.00. The lowest BCUT2D eigenvalue weighted by Crippen LogP contribution is -2.37. The molecule has 3 aromatic carbocycles. The summed E-state index contributed by atoms with van der Waals surface area (Å²) < 4.78 is 2.38. The molecule has 2 heteroatoms. The quantitative estimate of drug-likeness (QED) is 0.420. The minimum Gasteiger partial charge on any atom is -0.292 e. The van der Waals surface area contributed by atoms with Crippen LogP contribution in [0, 0.1) is 0 Å². The topological polar surface area (TPSA) is 17.3 Å². The molecule has 28 heavy (non-hydrogen) atoms. The second-order valence-electron chi connectivity index (χ2n) is 7.74. The molecule has 1 unspecified atom stereocenters. The van der Waals surface area contributed by atoms with Crippen LogP contribution in [0.1, 0.15) is 24.8 Å². The molecule has 134 valence electrons. The molecule has 1 aliphatic carbocycles. The van der Waals surface area contributed by atoms with Crippen LogP contribution in [0.4, 0.5) is 0 Å². The van der Waals surface area contributed by atoms with Gasteiger partial charge in [0.1, 0.15) is 5.65 Å². The van der Waals surface area contributed by atoms with Crippen molar-refractivity contribution in [1.29, 1.82) is 0 Å². The van der Waals surface area contributed by atoms with Crippen LogP contribution in [0.2, 0.25) is 0 Å². The average Bonchev–Trinajstić information content (AvgIpc) is 3.14. The summed E-state index contributed by atoms with van der Waals surface area (Å²) in [7, 11) is 0. The van der Waals surface area contributed by atoms with Crippen molar-refractivity contribution in [3.63, 3.8) is 0 Å². The van der Waals surface area contributed by atoms with Gasteiger partial charge in [-0.1, -0.05) is 72.8 Å². The van der Waals surface area contributed by atoms with E-state index in [0.29, 0.717) is 5.92 Å². The lowest BCUT2D eigenvalue weighted by Gasteiger charge is -2.20. The molecule has 1 atom stereocenters. The zero-order valence-corrected chi connectivity index (χ0v) is 15.8. The molecule has 2 heterocycles. The summed E-state index contributed by atoms with van der Waals surface area (Å²) >= 11 is 0. The molecule has 2 nitrogen and oxygen atoms in total. The van der Waals surface area contributed by atoms with Gasteiger partial charge in [-0.05, 0) is 42.0 Å². The monoisotopic (exact) mass is 360 g/mol. The number of fused-ring (bicyclic) bond motifs is 8. The molecule has 2 aromatic heterocycles. The number of pyridine rings is 1. The molecule has 0 amide bonds. The lowest BCUT2D eigenvalue weighted by molar-refractivity contribution is 0.882. The lowest BCUT2D eigenvalue weighted by atomic mass is 9.87. The van der Waals surface area contributed by atoms with Crippen molar-refractivity contribution < 1.29 is 0 Å². The molecule has 0 fully saturated rings. The number of imidazole rings is 1. The predicted octanol–water partition coefficient (Wildman–Crippen LogP) is 4.78. The van der Waals surface area contributed by atoms with E-state index in [1.165, 1.54) is 38.0 Å². The number of para-hydroxylation sites is 2. The minimum atomic E-state index is 0.407. The summed E-state index contributed by atoms with van der Waals surface area (Å²) in [6.45, 7) is 2.28. The van der Waals surface area contributed by atoms with Crippen molar-refractivity contribution in [2.75, 3.05) is 0 Å². The maximum Gasteiger partial charge on any atom is 0.146 e. The summed E-state index contributed by atoms with van der Waals surface area (Å²) in [5, 5.41) is 5.16. The SMILES string of the molecule is CC1=c2c(c3ccccc3c3nc4ccccc4n23)=CC(c2ccccc2)C1. The first kappa shape index (κ1) is 15.6. The average molecular weight is 360 g/mol. The zero-order valence-electron chi connectivity index (χ0n) is 15.8. The second-order valence-corrected chi connectivity index (χ2v) is 7.74. The Bertz CT molecular complexity index is 1490. The van der Waals surface area contributed by atoms with E-state index in [0.717, 1.165) is 17.6 Å². The molecule has 1 aliphatic rings. The molecular formula is C26H20N2. The van der Waals surface area contributed by atoms with Crippen LogP contribution in [0.3, 0.4) is 0 Å². The van der Waals surface area contributed by atoms with E-state index in [1.807, 2.05) is 0 Å². The van der Waals surface area contributed by atoms with Crippen LogP contribution in [-0.4, -0.2) is 9.38 Å². The fourth-order valence-corrected chi connectivity index (χ4v) is 4.78. The highest BCUT2D eigenvalue weighted by Crippen LogP contribution is 2.28. The molecule has 0 spiro atoms. The van der Waals surface area contributed by atoms with E-state index in [4.69, 9.17) is 4.98 Å². The Morgan fingerprint density at radius 2 is 1.54 bits per heavy atom. The standard InChI is InChI=1S/C26H20N2/c1-17-15-19(18-9-3-2-4-10-18)16-22-20-11-5-6-12-21(20)26-27-23-13-7-8-14-24(23)28(26)25(17)22/h2-14,16,19H,15H2,1H3. The number of aromatic nitrogens is 2. The molecule has 0 radical (unpaired) electrons. The summed E-state index contributed by atoms with van der Waals surface area (Å²) in [4.78, 5) is 5.00. The van der Waals surface area contributed by atoms with E-state index in [-0.39, 0.29) is 0 Å². The number of rotatable bonds is 1. The summed E-state index contributed by atoms with van der Waals surface area (Å²) in [5.41, 5.74) is 6.10. The van der Waals surface area contributed by atoms with Crippen LogP contribution in [0.25, 0.3) is 39.1 Å². The predicted molar refractivity (Wildman–Crippen MR) is 117 cm³/mol. The number of hydrogen-bond donors (Lipinski definition) is 0. The molecule has 0 bridgehead atoms. The highest BCUT2D eigenvalue weighted by atomic mass is 15.0. The fraction of sp³-hybridized carbons (Fsp3) is 0.115. The Morgan fingerprint density at radius 1 is 0.821 bits per heavy atom. The van der Waals surface area contributed by atoms with E-state index >= 15 is 0 Å². The smallest absolute Gasteiger partial charge is 0.146 e. The van der Waals surface area contributed by atoms with Crippen molar-refractivity contribution in [2.45, 2.75) is 19.3 Å². The third-order valence-corrected chi connectivity index (χ3v) is 6.02.